The van der Waals surface area contributed by atoms with Crippen LogP contribution in [-0.2, 0) is 6.54 Å². The fourth-order valence-electron chi connectivity index (χ4n) is 1.57. The SMILES string of the molecule is N/C(=N/O)c1cccc(C(=O)NCc2ccncn2)c1. The summed E-state index contributed by atoms with van der Waals surface area (Å²) in [6.45, 7) is 0.301. The van der Waals surface area contributed by atoms with Gasteiger partial charge >= 0.3 is 0 Å². The molecule has 1 aromatic heterocycles. The summed E-state index contributed by atoms with van der Waals surface area (Å²) < 4.78 is 0. The van der Waals surface area contributed by atoms with Crippen molar-refractivity contribution in [2.24, 2.45) is 10.9 Å². The van der Waals surface area contributed by atoms with Gasteiger partial charge in [-0.3, -0.25) is 4.79 Å². The molecule has 1 aromatic carbocycles. The minimum absolute atomic E-state index is 0.0459. The average molecular weight is 271 g/mol. The van der Waals surface area contributed by atoms with Crippen LogP contribution in [0.5, 0.6) is 0 Å². The number of benzene rings is 1. The molecule has 0 spiro atoms. The maximum atomic E-state index is 12.0. The van der Waals surface area contributed by atoms with Crippen LogP contribution in [0.2, 0.25) is 0 Å². The highest BCUT2D eigenvalue weighted by Crippen LogP contribution is 2.05. The molecule has 1 heterocycles. The van der Waals surface area contributed by atoms with E-state index in [0.717, 1.165) is 0 Å². The molecule has 2 rings (SSSR count). The maximum absolute atomic E-state index is 12.0. The first-order valence-electron chi connectivity index (χ1n) is 5.82. The Kier molecular flexibility index (Phi) is 4.23. The Balaban J connectivity index is 2.06. The smallest absolute Gasteiger partial charge is 0.251 e. The number of amidine groups is 1. The number of aromatic nitrogens is 2. The Hall–Kier alpha value is -2.96. The number of oxime groups is 1. The first kappa shape index (κ1) is 13.5. The van der Waals surface area contributed by atoms with Crippen LogP contribution in [0.25, 0.3) is 0 Å². The van der Waals surface area contributed by atoms with Gasteiger partial charge in [0.05, 0.1) is 12.2 Å². The molecule has 2 aromatic rings. The number of amides is 1. The number of carbonyl (C=O) groups excluding carboxylic acids is 1. The zero-order valence-electron chi connectivity index (χ0n) is 10.5. The molecule has 0 unspecified atom stereocenters. The van der Waals surface area contributed by atoms with Gasteiger partial charge in [-0.1, -0.05) is 17.3 Å². The molecule has 1 amide bonds. The van der Waals surface area contributed by atoms with Crippen LogP contribution in [-0.4, -0.2) is 26.9 Å². The summed E-state index contributed by atoms with van der Waals surface area (Å²) in [7, 11) is 0. The normalized spacial score (nSPS) is 11.1. The predicted octanol–water partition coefficient (Wildman–Crippen LogP) is 0.501. The molecule has 0 saturated heterocycles. The first-order chi connectivity index (χ1) is 9.70. The molecular formula is C13H13N5O2. The molecule has 0 aliphatic carbocycles. The third-order valence-electron chi connectivity index (χ3n) is 2.60. The van der Waals surface area contributed by atoms with Gasteiger partial charge in [-0.05, 0) is 18.2 Å². The number of nitrogens with two attached hydrogens (primary N) is 1. The molecule has 0 fully saturated rings. The van der Waals surface area contributed by atoms with E-state index >= 15 is 0 Å². The topological polar surface area (TPSA) is 113 Å². The van der Waals surface area contributed by atoms with E-state index in [2.05, 4.69) is 20.4 Å². The third kappa shape index (κ3) is 3.29. The van der Waals surface area contributed by atoms with Crippen LogP contribution in [0.3, 0.4) is 0 Å². The number of rotatable bonds is 4. The lowest BCUT2D eigenvalue weighted by atomic mass is 10.1. The molecule has 102 valence electrons. The number of nitrogens with zero attached hydrogens (tertiary/aromatic N) is 3. The largest absolute Gasteiger partial charge is 0.409 e. The summed E-state index contributed by atoms with van der Waals surface area (Å²) >= 11 is 0. The number of carbonyl (C=O) groups is 1. The summed E-state index contributed by atoms with van der Waals surface area (Å²) in [5.41, 5.74) is 7.08. The lowest BCUT2D eigenvalue weighted by Gasteiger charge is -2.06. The molecule has 0 atom stereocenters. The van der Waals surface area contributed by atoms with Gasteiger partial charge in [-0.15, -0.1) is 0 Å². The second-order valence-electron chi connectivity index (χ2n) is 3.95. The molecule has 0 saturated carbocycles. The van der Waals surface area contributed by atoms with Gasteiger partial charge in [-0.2, -0.15) is 0 Å². The average Bonchev–Trinajstić information content (AvgIpc) is 2.53. The van der Waals surface area contributed by atoms with Crippen molar-refractivity contribution >= 4 is 11.7 Å². The van der Waals surface area contributed by atoms with Crippen molar-refractivity contribution in [3.05, 3.63) is 59.7 Å². The van der Waals surface area contributed by atoms with Crippen molar-refractivity contribution in [1.29, 1.82) is 0 Å². The summed E-state index contributed by atoms with van der Waals surface area (Å²) in [4.78, 5) is 19.8. The highest BCUT2D eigenvalue weighted by molar-refractivity contribution is 6.01. The highest BCUT2D eigenvalue weighted by atomic mass is 16.4. The molecule has 0 aliphatic rings. The summed E-state index contributed by atoms with van der Waals surface area (Å²) in [6, 6.07) is 8.21. The van der Waals surface area contributed by atoms with Crippen LogP contribution in [0.1, 0.15) is 21.6 Å². The van der Waals surface area contributed by atoms with Gasteiger partial charge in [0.25, 0.3) is 5.91 Å². The Labute approximate surface area is 115 Å². The fraction of sp³-hybridized carbons (Fsp3) is 0.0769. The standard InChI is InChI=1S/C13H13N5O2/c14-12(18-20)9-2-1-3-10(6-9)13(19)16-7-11-4-5-15-8-17-11/h1-6,8,20H,7H2,(H2,14,18)(H,16,19). The molecule has 7 nitrogen and oxygen atoms in total. The highest BCUT2D eigenvalue weighted by Gasteiger charge is 2.08. The van der Waals surface area contributed by atoms with Gasteiger partial charge < -0.3 is 16.3 Å². The second kappa shape index (κ2) is 6.28. The van der Waals surface area contributed by atoms with Crippen molar-refractivity contribution < 1.29 is 10.0 Å². The van der Waals surface area contributed by atoms with E-state index in [9.17, 15) is 4.79 Å². The summed E-state index contributed by atoms with van der Waals surface area (Å²) in [5, 5.41) is 14.2. The summed E-state index contributed by atoms with van der Waals surface area (Å²) in [5.74, 6) is -0.313. The van der Waals surface area contributed by atoms with E-state index in [1.54, 1.807) is 36.5 Å². The summed E-state index contributed by atoms with van der Waals surface area (Å²) in [6.07, 6.45) is 3.02. The minimum atomic E-state index is -0.267. The van der Waals surface area contributed by atoms with Crippen LogP contribution >= 0.6 is 0 Å². The van der Waals surface area contributed by atoms with Crippen LogP contribution in [0.15, 0.2) is 48.0 Å². The molecule has 4 N–H and O–H groups in total. The molecule has 20 heavy (non-hydrogen) atoms. The molecule has 0 bridgehead atoms. The Morgan fingerprint density at radius 1 is 1.35 bits per heavy atom. The van der Waals surface area contributed by atoms with Crippen LogP contribution in [0, 0.1) is 0 Å². The van der Waals surface area contributed by atoms with Gasteiger partial charge in [-0.25, -0.2) is 9.97 Å². The number of hydrogen-bond acceptors (Lipinski definition) is 5. The van der Waals surface area contributed by atoms with Crippen molar-refractivity contribution in [2.75, 3.05) is 0 Å². The molecule has 7 heteroatoms. The monoisotopic (exact) mass is 271 g/mol. The first-order valence-corrected chi connectivity index (χ1v) is 5.82. The van der Waals surface area contributed by atoms with Gasteiger partial charge in [0.15, 0.2) is 5.84 Å². The van der Waals surface area contributed by atoms with Gasteiger partial charge in [0, 0.05) is 17.3 Å². The Bertz CT molecular complexity index is 628. The lowest BCUT2D eigenvalue weighted by molar-refractivity contribution is 0.0950. The van der Waals surface area contributed by atoms with E-state index in [1.807, 2.05) is 0 Å². The minimum Gasteiger partial charge on any atom is -0.409 e. The zero-order chi connectivity index (χ0) is 14.4. The quantitative estimate of drug-likeness (QED) is 0.324. The van der Waals surface area contributed by atoms with E-state index in [1.165, 1.54) is 6.33 Å². The van der Waals surface area contributed by atoms with E-state index in [4.69, 9.17) is 10.9 Å². The molecular weight excluding hydrogens is 258 g/mol. The lowest BCUT2D eigenvalue weighted by Crippen LogP contribution is -2.24. The maximum Gasteiger partial charge on any atom is 0.251 e. The van der Waals surface area contributed by atoms with Crippen molar-refractivity contribution in [3.8, 4) is 0 Å². The Morgan fingerprint density at radius 2 is 2.15 bits per heavy atom. The van der Waals surface area contributed by atoms with Crippen LogP contribution in [0.4, 0.5) is 0 Å². The van der Waals surface area contributed by atoms with E-state index in [-0.39, 0.29) is 11.7 Å². The number of hydrogen-bond donors (Lipinski definition) is 3. The second-order valence-corrected chi connectivity index (χ2v) is 3.95. The van der Waals surface area contributed by atoms with Crippen molar-refractivity contribution in [2.45, 2.75) is 6.54 Å². The zero-order valence-corrected chi connectivity index (χ0v) is 10.5. The molecule has 0 aliphatic heterocycles. The fourth-order valence-corrected chi connectivity index (χ4v) is 1.57. The van der Waals surface area contributed by atoms with Gasteiger partial charge in [0.1, 0.15) is 6.33 Å². The number of nitrogens with one attached hydrogen (secondary N) is 1. The van der Waals surface area contributed by atoms with Crippen molar-refractivity contribution in [1.82, 2.24) is 15.3 Å². The van der Waals surface area contributed by atoms with E-state index in [0.29, 0.717) is 23.4 Å². The molecule has 0 radical (unpaired) electrons. The predicted molar refractivity (Wildman–Crippen MR) is 72.2 cm³/mol. The van der Waals surface area contributed by atoms with Gasteiger partial charge in [0.2, 0.25) is 0 Å². The van der Waals surface area contributed by atoms with Crippen molar-refractivity contribution in [3.63, 3.8) is 0 Å². The Morgan fingerprint density at radius 3 is 2.85 bits per heavy atom. The van der Waals surface area contributed by atoms with E-state index < -0.39 is 0 Å². The van der Waals surface area contributed by atoms with Crippen LogP contribution < -0.4 is 11.1 Å². The third-order valence-corrected chi connectivity index (χ3v) is 2.60.